The number of carbonyl (C=O) groups is 1. The number of carbonyl (C=O) groups excluding carboxylic acids is 1. The second kappa shape index (κ2) is 35.0. The van der Waals surface area contributed by atoms with Crippen LogP contribution < -0.4 is 10.2 Å². The number of aliphatic hydroxyl groups is 1. The fourth-order valence-electron chi connectivity index (χ4n) is 6.27. The van der Waals surface area contributed by atoms with E-state index >= 15 is 0 Å². The molecule has 0 fully saturated rings. The summed E-state index contributed by atoms with van der Waals surface area (Å²) >= 11 is 0. The molecule has 0 aliphatic heterocycles. The van der Waals surface area contributed by atoms with E-state index in [1.54, 1.807) is 6.08 Å². The number of phosphoric acid groups is 1. The smallest absolute Gasteiger partial charge is 0.268 e. The number of nitrogens with zero attached hydrogens (tertiary/aromatic N) is 1. The highest BCUT2D eigenvalue weighted by Gasteiger charge is 2.23. The Morgan fingerprint density at radius 1 is 0.667 bits per heavy atom. The maximum absolute atomic E-state index is 12.5. The van der Waals surface area contributed by atoms with Crippen molar-refractivity contribution < 1.29 is 32.9 Å². The van der Waals surface area contributed by atoms with Crippen LogP contribution in [0.1, 0.15) is 200 Å². The third-order valence-corrected chi connectivity index (χ3v) is 10.7. The van der Waals surface area contributed by atoms with Gasteiger partial charge in [0.2, 0.25) is 5.91 Å². The van der Waals surface area contributed by atoms with Crippen molar-refractivity contribution in [1.82, 2.24) is 5.32 Å². The van der Waals surface area contributed by atoms with Gasteiger partial charge in [0, 0.05) is 6.42 Å². The molecule has 2 N–H and O–H groups in total. The Kier molecular flexibility index (Phi) is 34.5. The quantitative estimate of drug-likeness (QED) is 0.0281. The van der Waals surface area contributed by atoms with Gasteiger partial charge < -0.3 is 28.8 Å². The molecule has 0 heterocycles. The average Bonchev–Trinajstić information content (AvgIpc) is 3.07. The van der Waals surface area contributed by atoms with E-state index in [4.69, 9.17) is 9.05 Å². The molecule has 0 radical (unpaired) electrons. The normalized spacial score (nSPS) is 14.6. The van der Waals surface area contributed by atoms with Gasteiger partial charge in [0.25, 0.3) is 7.82 Å². The third-order valence-electron chi connectivity index (χ3n) is 9.75. The standard InChI is InChI=1S/C42H85N2O6P/c1-6-8-10-12-13-14-15-16-17-18-19-20-21-22-23-24-25-26-27-28-29-30-31-32-33-35-41(45)40(43-42(46)36-34-11-9-7-2)39-50-51(47,48)49-38-37-44(3,4)5/h33,35,40-41,45H,6-32,34,36-39H2,1-5H3,(H-,43,46,47,48)/b35-33+. The Morgan fingerprint density at radius 3 is 1.47 bits per heavy atom. The van der Waals surface area contributed by atoms with Crippen molar-refractivity contribution in [2.45, 2.75) is 212 Å². The Morgan fingerprint density at radius 2 is 1.06 bits per heavy atom. The number of hydrogen-bond acceptors (Lipinski definition) is 6. The highest BCUT2D eigenvalue weighted by Crippen LogP contribution is 2.38. The molecule has 0 aliphatic rings. The van der Waals surface area contributed by atoms with Crippen molar-refractivity contribution >= 4 is 13.7 Å². The monoisotopic (exact) mass is 745 g/mol. The zero-order chi connectivity index (χ0) is 37.9. The first kappa shape index (κ1) is 50.2. The van der Waals surface area contributed by atoms with Crippen LogP contribution in [0.25, 0.3) is 0 Å². The summed E-state index contributed by atoms with van der Waals surface area (Å²) in [5, 5.41) is 13.6. The number of quaternary nitrogens is 1. The number of nitrogens with one attached hydrogen (secondary N) is 1. The van der Waals surface area contributed by atoms with Crippen LogP contribution in [0.5, 0.6) is 0 Å². The minimum absolute atomic E-state index is 0.000747. The molecule has 0 saturated heterocycles. The number of amides is 1. The fraction of sp³-hybridized carbons (Fsp3) is 0.929. The van der Waals surface area contributed by atoms with E-state index in [1.165, 1.54) is 135 Å². The van der Waals surface area contributed by atoms with Gasteiger partial charge in [-0.2, -0.15) is 0 Å². The molecule has 3 unspecified atom stereocenters. The summed E-state index contributed by atoms with van der Waals surface area (Å²) in [6, 6.07) is -0.876. The summed E-state index contributed by atoms with van der Waals surface area (Å²) in [5.74, 6) is -0.214. The van der Waals surface area contributed by atoms with Crippen LogP contribution in [0.3, 0.4) is 0 Å². The lowest BCUT2D eigenvalue weighted by Crippen LogP contribution is -2.45. The number of unbranched alkanes of at least 4 members (excludes halogenated alkanes) is 26. The van der Waals surface area contributed by atoms with E-state index in [9.17, 15) is 19.4 Å². The van der Waals surface area contributed by atoms with E-state index in [0.717, 1.165) is 44.9 Å². The number of likely N-dealkylation sites (N-methyl/N-ethyl adjacent to an activating group) is 1. The number of aliphatic hydroxyl groups excluding tert-OH is 1. The molecule has 0 aliphatic carbocycles. The van der Waals surface area contributed by atoms with Crippen molar-refractivity contribution in [3.63, 3.8) is 0 Å². The number of rotatable bonds is 39. The van der Waals surface area contributed by atoms with Crippen LogP contribution in [-0.4, -0.2) is 68.5 Å². The Bertz CT molecular complexity index is 850. The summed E-state index contributed by atoms with van der Waals surface area (Å²) in [6.45, 7) is 4.52. The molecule has 0 spiro atoms. The van der Waals surface area contributed by atoms with Gasteiger partial charge in [0.05, 0.1) is 39.9 Å². The van der Waals surface area contributed by atoms with Gasteiger partial charge in [0.1, 0.15) is 13.2 Å². The molecule has 0 bridgehead atoms. The van der Waals surface area contributed by atoms with E-state index in [0.29, 0.717) is 17.4 Å². The van der Waals surface area contributed by atoms with Crippen LogP contribution in [-0.2, 0) is 18.4 Å². The zero-order valence-electron chi connectivity index (χ0n) is 34.3. The molecule has 0 rings (SSSR count). The number of allylic oxidation sites excluding steroid dienone is 1. The van der Waals surface area contributed by atoms with Crippen LogP contribution >= 0.6 is 7.82 Å². The van der Waals surface area contributed by atoms with E-state index in [-0.39, 0.29) is 19.1 Å². The molecule has 1 amide bonds. The lowest BCUT2D eigenvalue weighted by Gasteiger charge is -2.29. The number of phosphoric ester groups is 1. The van der Waals surface area contributed by atoms with E-state index in [2.05, 4.69) is 19.2 Å². The van der Waals surface area contributed by atoms with Crippen molar-refractivity contribution in [2.24, 2.45) is 0 Å². The van der Waals surface area contributed by atoms with Gasteiger partial charge in [-0.15, -0.1) is 0 Å². The highest BCUT2D eigenvalue weighted by atomic mass is 31.2. The summed E-state index contributed by atoms with van der Waals surface area (Å²) in [4.78, 5) is 24.8. The first-order valence-corrected chi connectivity index (χ1v) is 23.0. The second-order valence-electron chi connectivity index (χ2n) is 16.1. The van der Waals surface area contributed by atoms with Gasteiger partial charge in [-0.3, -0.25) is 9.36 Å². The van der Waals surface area contributed by atoms with Gasteiger partial charge in [-0.1, -0.05) is 187 Å². The summed E-state index contributed by atoms with van der Waals surface area (Å²) < 4.78 is 23.0. The molecule has 9 heteroatoms. The summed E-state index contributed by atoms with van der Waals surface area (Å²) in [5.41, 5.74) is 0. The molecule has 0 aromatic heterocycles. The van der Waals surface area contributed by atoms with Crippen molar-refractivity contribution in [3.05, 3.63) is 12.2 Å². The minimum atomic E-state index is -4.56. The van der Waals surface area contributed by atoms with Gasteiger partial charge in [-0.25, -0.2) is 0 Å². The number of hydrogen-bond donors (Lipinski definition) is 2. The third kappa shape index (κ3) is 37.4. The maximum atomic E-state index is 12.5. The first-order valence-electron chi connectivity index (χ1n) is 21.6. The molecule has 3 atom stereocenters. The fourth-order valence-corrected chi connectivity index (χ4v) is 6.99. The molecule has 51 heavy (non-hydrogen) atoms. The van der Waals surface area contributed by atoms with E-state index < -0.39 is 20.0 Å². The second-order valence-corrected chi connectivity index (χ2v) is 17.5. The van der Waals surface area contributed by atoms with Crippen LogP contribution in [0.4, 0.5) is 0 Å². The summed E-state index contributed by atoms with van der Waals surface area (Å²) in [7, 11) is 1.26. The lowest BCUT2D eigenvalue weighted by atomic mass is 10.0. The molecular formula is C42H85N2O6P. The molecule has 0 saturated carbocycles. The SMILES string of the molecule is CCCCCCCCCCCCCCCCCCCCCCCCC/C=C/C(O)C(COP(=O)([O-])OCC[N+](C)(C)C)NC(=O)CCCCCC. The lowest BCUT2D eigenvalue weighted by molar-refractivity contribution is -0.870. The predicted molar refractivity (Wildman–Crippen MR) is 215 cm³/mol. The van der Waals surface area contributed by atoms with Crippen LogP contribution in [0.15, 0.2) is 12.2 Å². The largest absolute Gasteiger partial charge is 0.756 e. The minimum Gasteiger partial charge on any atom is -0.756 e. The zero-order valence-corrected chi connectivity index (χ0v) is 35.2. The predicted octanol–water partition coefficient (Wildman–Crippen LogP) is 10.9. The Balaban J connectivity index is 4.01. The van der Waals surface area contributed by atoms with Crippen molar-refractivity contribution in [1.29, 1.82) is 0 Å². The van der Waals surface area contributed by atoms with Gasteiger partial charge in [0.15, 0.2) is 0 Å². The molecule has 0 aromatic rings. The summed E-state index contributed by atoms with van der Waals surface area (Å²) in [6.07, 6.45) is 39.0. The first-order chi connectivity index (χ1) is 24.5. The van der Waals surface area contributed by atoms with Crippen LogP contribution in [0.2, 0.25) is 0 Å². The Hall–Kier alpha value is -0.760. The topological polar surface area (TPSA) is 108 Å². The average molecular weight is 745 g/mol. The van der Waals surface area contributed by atoms with Crippen LogP contribution in [0, 0.1) is 0 Å². The highest BCUT2D eigenvalue weighted by molar-refractivity contribution is 7.45. The van der Waals surface area contributed by atoms with Gasteiger partial charge in [-0.05, 0) is 19.3 Å². The maximum Gasteiger partial charge on any atom is 0.268 e. The van der Waals surface area contributed by atoms with Crippen molar-refractivity contribution in [3.8, 4) is 0 Å². The van der Waals surface area contributed by atoms with E-state index in [1.807, 2.05) is 27.2 Å². The molecule has 8 nitrogen and oxygen atoms in total. The molecule has 0 aromatic carbocycles. The molecular weight excluding hydrogens is 659 g/mol. The molecule has 304 valence electrons. The van der Waals surface area contributed by atoms with Crippen molar-refractivity contribution in [2.75, 3.05) is 40.9 Å². The van der Waals surface area contributed by atoms with Gasteiger partial charge >= 0.3 is 0 Å². The Labute approximate surface area is 316 Å².